The van der Waals surface area contributed by atoms with Crippen LogP contribution in [0.2, 0.25) is 0 Å². The van der Waals surface area contributed by atoms with E-state index in [1.165, 1.54) is 0 Å². The van der Waals surface area contributed by atoms with Crippen LogP contribution in [0.4, 0.5) is 13.2 Å². The molecule has 0 radical (unpaired) electrons. The SMILES string of the molecule is O=C1C=CN(S(=O)(=O)c2ccc(C(F)(F)F)nc2)C(c2ccccc2I)C1. The molecule has 1 aliphatic heterocycles. The fourth-order valence-corrected chi connectivity index (χ4v) is 4.83. The highest BCUT2D eigenvalue weighted by atomic mass is 127. The zero-order valence-corrected chi connectivity index (χ0v) is 16.5. The number of ketones is 1. The highest BCUT2D eigenvalue weighted by Crippen LogP contribution is 2.36. The van der Waals surface area contributed by atoms with Crippen molar-refractivity contribution in [3.63, 3.8) is 0 Å². The van der Waals surface area contributed by atoms with Gasteiger partial charge in [0, 0.05) is 22.4 Å². The van der Waals surface area contributed by atoms with Gasteiger partial charge in [0.25, 0.3) is 10.0 Å². The van der Waals surface area contributed by atoms with E-state index in [1.54, 1.807) is 24.3 Å². The van der Waals surface area contributed by atoms with Crippen LogP contribution in [0.1, 0.15) is 23.7 Å². The van der Waals surface area contributed by atoms with Crippen molar-refractivity contribution < 1.29 is 26.4 Å². The Labute approximate surface area is 167 Å². The van der Waals surface area contributed by atoms with Crippen molar-refractivity contribution in [2.45, 2.75) is 23.5 Å². The quantitative estimate of drug-likeness (QED) is 0.590. The van der Waals surface area contributed by atoms with Gasteiger partial charge in [0.05, 0.1) is 6.04 Å². The van der Waals surface area contributed by atoms with Gasteiger partial charge in [0.1, 0.15) is 10.6 Å². The number of allylic oxidation sites excluding steroid dienone is 1. The van der Waals surface area contributed by atoms with Gasteiger partial charge >= 0.3 is 6.18 Å². The molecule has 0 amide bonds. The minimum absolute atomic E-state index is 0.0657. The van der Waals surface area contributed by atoms with Crippen molar-refractivity contribution in [3.05, 3.63) is 69.7 Å². The second-order valence-corrected chi connectivity index (χ2v) is 8.74. The monoisotopic (exact) mass is 508 g/mol. The highest BCUT2D eigenvalue weighted by Gasteiger charge is 2.36. The number of sulfonamides is 1. The molecule has 1 aromatic carbocycles. The lowest BCUT2D eigenvalue weighted by Gasteiger charge is -2.32. The normalized spacial score (nSPS) is 18.0. The summed E-state index contributed by atoms with van der Waals surface area (Å²) < 4.78 is 65.8. The molecule has 2 aromatic rings. The van der Waals surface area contributed by atoms with E-state index in [0.717, 1.165) is 26.2 Å². The fraction of sp³-hybridized carbons (Fsp3) is 0.176. The largest absolute Gasteiger partial charge is 0.433 e. The molecule has 1 atom stereocenters. The summed E-state index contributed by atoms with van der Waals surface area (Å²) in [5.74, 6) is -0.239. The number of nitrogens with zero attached hydrogens (tertiary/aromatic N) is 2. The number of aromatic nitrogens is 1. The third kappa shape index (κ3) is 4.00. The summed E-state index contributed by atoms with van der Waals surface area (Å²) >= 11 is 2.04. The summed E-state index contributed by atoms with van der Waals surface area (Å²) in [6.45, 7) is 0. The average molecular weight is 508 g/mol. The van der Waals surface area contributed by atoms with Crippen LogP contribution in [0.5, 0.6) is 0 Å². The summed E-state index contributed by atoms with van der Waals surface area (Å²) in [7, 11) is -4.20. The predicted molar refractivity (Wildman–Crippen MR) is 98.9 cm³/mol. The zero-order valence-electron chi connectivity index (χ0n) is 13.5. The third-order valence-corrected chi connectivity index (χ3v) is 6.73. The van der Waals surface area contributed by atoms with Gasteiger partial charge in [-0.15, -0.1) is 0 Å². The first-order chi connectivity index (χ1) is 12.6. The minimum Gasteiger partial charge on any atom is -0.295 e. The van der Waals surface area contributed by atoms with E-state index in [4.69, 9.17) is 0 Å². The standard InChI is InChI=1S/C17H12F3IN2O3S/c18-17(19,20)16-6-5-12(10-22-16)27(25,26)23-8-7-11(24)9-15(23)13-3-1-2-4-14(13)21/h1-8,10,15H,9H2. The van der Waals surface area contributed by atoms with Crippen molar-refractivity contribution >= 4 is 38.4 Å². The summed E-state index contributed by atoms with van der Waals surface area (Å²) in [6, 6.07) is 7.70. The van der Waals surface area contributed by atoms with Gasteiger partial charge in [0.15, 0.2) is 5.78 Å². The number of alkyl halides is 3. The number of hydrogen-bond donors (Lipinski definition) is 0. The maximum absolute atomic E-state index is 13.0. The molecule has 1 unspecified atom stereocenters. The Bertz CT molecular complexity index is 1000. The van der Waals surface area contributed by atoms with E-state index < -0.39 is 27.9 Å². The molecular formula is C17H12F3IN2O3S. The Balaban J connectivity index is 2.04. The van der Waals surface area contributed by atoms with Crippen molar-refractivity contribution in [2.24, 2.45) is 0 Å². The first-order valence-corrected chi connectivity index (χ1v) is 10.1. The van der Waals surface area contributed by atoms with Gasteiger partial charge in [-0.05, 0) is 52.4 Å². The molecule has 2 heterocycles. The van der Waals surface area contributed by atoms with Gasteiger partial charge in [0.2, 0.25) is 0 Å². The van der Waals surface area contributed by atoms with Crippen LogP contribution in [0.15, 0.2) is 59.8 Å². The molecular weight excluding hydrogens is 496 g/mol. The molecule has 3 rings (SSSR count). The van der Waals surface area contributed by atoms with Crippen LogP contribution in [-0.4, -0.2) is 23.5 Å². The van der Waals surface area contributed by atoms with E-state index >= 15 is 0 Å². The van der Waals surface area contributed by atoms with Crippen LogP contribution in [0.25, 0.3) is 0 Å². The van der Waals surface area contributed by atoms with Gasteiger partial charge in [-0.25, -0.2) is 8.42 Å². The van der Waals surface area contributed by atoms with E-state index in [2.05, 4.69) is 4.98 Å². The topological polar surface area (TPSA) is 67.3 Å². The Morgan fingerprint density at radius 1 is 1.15 bits per heavy atom. The maximum atomic E-state index is 13.0. The fourth-order valence-electron chi connectivity index (χ4n) is 2.67. The first kappa shape index (κ1) is 19.8. The summed E-state index contributed by atoms with van der Waals surface area (Å²) in [5, 5.41) is 0. The molecule has 0 spiro atoms. The number of pyridine rings is 1. The van der Waals surface area contributed by atoms with E-state index in [1.807, 2.05) is 22.6 Å². The zero-order chi connectivity index (χ0) is 19.8. The molecule has 0 N–H and O–H groups in total. The van der Waals surface area contributed by atoms with E-state index in [0.29, 0.717) is 17.8 Å². The second-order valence-electron chi connectivity index (χ2n) is 5.74. The number of rotatable bonds is 3. The molecule has 0 saturated carbocycles. The van der Waals surface area contributed by atoms with Gasteiger partial charge in [-0.3, -0.25) is 14.1 Å². The number of carbonyl (C=O) groups is 1. The Morgan fingerprint density at radius 3 is 2.44 bits per heavy atom. The van der Waals surface area contributed by atoms with E-state index in [-0.39, 0.29) is 17.1 Å². The first-order valence-electron chi connectivity index (χ1n) is 7.63. The van der Waals surface area contributed by atoms with Crippen molar-refractivity contribution in [1.29, 1.82) is 0 Å². The molecule has 5 nitrogen and oxygen atoms in total. The number of hydrogen-bond acceptors (Lipinski definition) is 4. The highest BCUT2D eigenvalue weighted by molar-refractivity contribution is 14.1. The molecule has 10 heteroatoms. The molecule has 0 fully saturated rings. The molecule has 27 heavy (non-hydrogen) atoms. The average Bonchev–Trinajstić information content (AvgIpc) is 2.61. The summed E-state index contributed by atoms with van der Waals surface area (Å²) in [5.41, 5.74) is -0.542. The van der Waals surface area contributed by atoms with Crippen LogP contribution < -0.4 is 0 Å². The van der Waals surface area contributed by atoms with Crippen LogP contribution in [0.3, 0.4) is 0 Å². The molecule has 1 aliphatic rings. The number of benzene rings is 1. The Morgan fingerprint density at radius 2 is 1.85 bits per heavy atom. The predicted octanol–water partition coefficient (Wildman–Crippen LogP) is 3.92. The lowest BCUT2D eigenvalue weighted by atomic mass is 9.99. The number of carbonyl (C=O) groups excluding carboxylic acids is 1. The lowest BCUT2D eigenvalue weighted by molar-refractivity contribution is -0.141. The lowest BCUT2D eigenvalue weighted by Crippen LogP contribution is -2.35. The summed E-state index contributed by atoms with van der Waals surface area (Å²) in [4.78, 5) is 14.7. The maximum Gasteiger partial charge on any atom is 0.433 e. The van der Waals surface area contributed by atoms with Crippen LogP contribution >= 0.6 is 22.6 Å². The molecule has 142 valence electrons. The molecule has 0 saturated heterocycles. The van der Waals surface area contributed by atoms with Crippen molar-refractivity contribution in [1.82, 2.24) is 9.29 Å². The molecule has 0 aliphatic carbocycles. The second kappa shape index (κ2) is 7.23. The number of halogens is 4. The van der Waals surface area contributed by atoms with E-state index in [9.17, 15) is 26.4 Å². The minimum atomic E-state index is -4.66. The Hall–Kier alpha value is -1.95. The smallest absolute Gasteiger partial charge is 0.295 e. The Kier molecular flexibility index (Phi) is 5.30. The summed E-state index contributed by atoms with van der Waals surface area (Å²) in [6.07, 6.45) is -1.77. The van der Waals surface area contributed by atoms with Crippen molar-refractivity contribution in [2.75, 3.05) is 0 Å². The van der Waals surface area contributed by atoms with Crippen LogP contribution in [0, 0.1) is 3.57 Å². The molecule has 0 bridgehead atoms. The third-order valence-electron chi connectivity index (χ3n) is 3.98. The van der Waals surface area contributed by atoms with Gasteiger partial charge in [-0.1, -0.05) is 18.2 Å². The van der Waals surface area contributed by atoms with Crippen molar-refractivity contribution in [3.8, 4) is 0 Å². The van der Waals surface area contributed by atoms with Crippen LogP contribution in [-0.2, 0) is 21.0 Å². The molecule has 1 aromatic heterocycles. The van der Waals surface area contributed by atoms with Gasteiger partial charge < -0.3 is 0 Å². The van der Waals surface area contributed by atoms with Gasteiger partial charge in [-0.2, -0.15) is 13.2 Å².